The van der Waals surface area contributed by atoms with Crippen LogP contribution >= 0.6 is 11.6 Å². The third-order valence-corrected chi connectivity index (χ3v) is 3.38. The molecule has 0 saturated heterocycles. The molecule has 0 bridgehead atoms. The van der Waals surface area contributed by atoms with Crippen LogP contribution in [0.2, 0.25) is 0 Å². The highest BCUT2D eigenvalue weighted by Crippen LogP contribution is 2.37. The fourth-order valence-corrected chi connectivity index (χ4v) is 2.24. The minimum absolute atomic E-state index is 0.0513. The average Bonchev–Trinajstić information content (AvgIpc) is 2.46. The number of nitrogens with zero attached hydrogens (tertiary/aromatic N) is 2. The van der Waals surface area contributed by atoms with Gasteiger partial charge in [0.05, 0.1) is 5.56 Å². The predicted octanol–water partition coefficient (Wildman–Crippen LogP) is 4.48. The quantitative estimate of drug-likeness (QED) is 0.774. The molecule has 0 radical (unpaired) electrons. The molecule has 0 amide bonds. The van der Waals surface area contributed by atoms with Crippen LogP contribution in [0, 0.1) is 0 Å². The molecular weight excluding hydrogens is 301 g/mol. The Morgan fingerprint density at radius 1 is 1.19 bits per heavy atom. The molecule has 1 heterocycles. The van der Waals surface area contributed by atoms with Gasteiger partial charge in [0.2, 0.25) is 0 Å². The van der Waals surface area contributed by atoms with E-state index in [0.29, 0.717) is 12.1 Å². The molecular formula is C15H14ClF3N2. The Kier molecular flexibility index (Phi) is 4.73. The highest BCUT2D eigenvalue weighted by molar-refractivity contribution is 6.17. The van der Waals surface area contributed by atoms with E-state index in [1.165, 1.54) is 6.07 Å². The molecule has 21 heavy (non-hydrogen) atoms. The molecule has 2 rings (SSSR count). The van der Waals surface area contributed by atoms with Crippen molar-refractivity contribution >= 4 is 17.3 Å². The number of benzene rings is 1. The molecule has 0 unspecified atom stereocenters. The maximum atomic E-state index is 13.2. The first kappa shape index (κ1) is 15.6. The van der Waals surface area contributed by atoms with Gasteiger partial charge < -0.3 is 4.90 Å². The van der Waals surface area contributed by atoms with Crippen molar-refractivity contribution in [1.29, 1.82) is 0 Å². The van der Waals surface area contributed by atoms with E-state index in [4.69, 9.17) is 11.6 Å². The number of hydrogen-bond acceptors (Lipinski definition) is 2. The maximum absolute atomic E-state index is 13.2. The predicted molar refractivity (Wildman–Crippen MR) is 77.3 cm³/mol. The van der Waals surface area contributed by atoms with Crippen molar-refractivity contribution in [2.24, 2.45) is 0 Å². The van der Waals surface area contributed by atoms with Gasteiger partial charge in [-0.2, -0.15) is 13.2 Å². The van der Waals surface area contributed by atoms with Crippen LogP contribution in [-0.2, 0) is 18.6 Å². The third-order valence-electron chi connectivity index (χ3n) is 3.07. The SMILES string of the molecule is CN(Cc1cccnc1)c1ccc(CCl)cc1C(F)(F)F. The van der Waals surface area contributed by atoms with Gasteiger partial charge in [-0.3, -0.25) is 4.98 Å². The molecule has 0 aliphatic heterocycles. The molecule has 0 saturated carbocycles. The van der Waals surface area contributed by atoms with Gasteiger partial charge in [0, 0.05) is 37.6 Å². The molecule has 0 spiro atoms. The first-order chi connectivity index (χ1) is 9.91. The Morgan fingerprint density at radius 3 is 2.52 bits per heavy atom. The average molecular weight is 315 g/mol. The van der Waals surface area contributed by atoms with Crippen LogP contribution < -0.4 is 4.90 Å². The number of halogens is 4. The van der Waals surface area contributed by atoms with E-state index in [-0.39, 0.29) is 11.6 Å². The Labute approximate surface area is 126 Å². The molecule has 0 atom stereocenters. The van der Waals surface area contributed by atoms with E-state index >= 15 is 0 Å². The lowest BCUT2D eigenvalue weighted by Gasteiger charge is -2.24. The summed E-state index contributed by atoms with van der Waals surface area (Å²) in [5.74, 6) is 0.0513. The van der Waals surface area contributed by atoms with Crippen LogP contribution in [0.5, 0.6) is 0 Å². The zero-order chi connectivity index (χ0) is 15.5. The summed E-state index contributed by atoms with van der Waals surface area (Å²) in [7, 11) is 1.62. The lowest BCUT2D eigenvalue weighted by atomic mass is 10.1. The smallest absolute Gasteiger partial charge is 0.370 e. The van der Waals surface area contributed by atoms with Crippen molar-refractivity contribution in [2.45, 2.75) is 18.6 Å². The van der Waals surface area contributed by atoms with Crippen molar-refractivity contribution < 1.29 is 13.2 Å². The minimum atomic E-state index is -4.42. The largest absolute Gasteiger partial charge is 0.418 e. The van der Waals surface area contributed by atoms with E-state index in [0.717, 1.165) is 11.6 Å². The molecule has 0 aliphatic carbocycles. The standard InChI is InChI=1S/C15H14ClF3N2/c1-21(10-12-3-2-6-20-9-12)14-5-4-11(8-16)7-13(14)15(17,18)19/h2-7,9H,8,10H2,1H3. The van der Waals surface area contributed by atoms with Crippen molar-refractivity contribution in [1.82, 2.24) is 4.98 Å². The zero-order valence-corrected chi connectivity index (χ0v) is 12.1. The zero-order valence-electron chi connectivity index (χ0n) is 11.4. The summed E-state index contributed by atoms with van der Waals surface area (Å²) in [5.41, 5.74) is 0.740. The molecule has 1 aromatic heterocycles. The van der Waals surface area contributed by atoms with E-state index in [1.807, 2.05) is 6.07 Å². The van der Waals surface area contributed by atoms with E-state index in [1.54, 1.807) is 36.5 Å². The van der Waals surface area contributed by atoms with E-state index in [2.05, 4.69) is 4.98 Å². The van der Waals surface area contributed by atoms with Crippen molar-refractivity contribution in [3.8, 4) is 0 Å². The van der Waals surface area contributed by atoms with Crippen molar-refractivity contribution in [3.63, 3.8) is 0 Å². The molecule has 0 aliphatic rings. The second-order valence-electron chi connectivity index (χ2n) is 4.70. The van der Waals surface area contributed by atoms with Crippen molar-refractivity contribution in [3.05, 3.63) is 59.4 Å². The van der Waals surface area contributed by atoms with Gasteiger partial charge in [0.15, 0.2) is 0 Å². The molecule has 0 N–H and O–H groups in total. The van der Waals surface area contributed by atoms with Gasteiger partial charge in [-0.1, -0.05) is 12.1 Å². The van der Waals surface area contributed by atoms with Crippen LogP contribution in [0.1, 0.15) is 16.7 Å². The number of rotatable bonds is 4. The number of aromatic nitrogens is 1. The Balaban J connectivity index is 2.34. The molecule has 0 fully saturated rings. The van der Waals surface area contributed by atoms with Gasteiger partial charge in [-0.25, -0.2) is 0 Å². The number of anilines is 1. The fraction of sp³-hybridized carbons (Fsp3) is 0.267. The molecule has 1 aromatic carbocycles. The van der Waals surface area contributed by atoms with Gasteiger partial charge in [0.25, 0.3) is 0 Å². The lowest BCUT2D eigenvalue weighted by molar-refractivity contribution is -0.137. The highest BCUT2D eigenvalue weighted by atomic mass is 35.5. The lowest BCUT2D eigenvalue weighted by Crippen LogP contribution is -2.21. The van der Waals surface area contributed by atoms with Gasteiger partial charge in [-0.05, 0) is 29.3 Å². The summed E-state index contributed by atoms with van der Waals surface area (Å²) in [4.78, 5) is 5.52. The molecule has 2 nitrogen and oxygen atoms in total. The highest BCUT2D eigenvalue weighted by Gasteiger charge is 2.34. The topological polar surface area (TPSA) is 16.1 Å². The van der Waals surface area contributed by atoms with Crippen LogP contribution in [-0.4, -0.2) is 12.0 Å². The van der Waals surface area contributed by atoms with Crippen LogP contribution in [0.3, 0.4) is 0 Å². The summed E-state index contributed by atoms with van der Waals surface area (Å²) in [5, 5.41) is 0. The Hall–Kier alpha value is -1.75. The number of alkyl halides is 4. The minimum Gasteiger partial charge on any atom is -0.370 e. The molecule has 112 valence electrons. The van der Waals surface area contributed by atoms with E-state index < -0.39 is 11.7 Å². The van der Waals surface area contributed by atoms with Crippen LogP contribution in [0.4, 0.5) is 18.9 Å². The van der Waals surface area contributed by atoms with Crippen LogP contribution in [0.15, 0.2) is 42.7 Å². The third kappa shape index (κ3) is 3.88. The maximum Gasteiger partial charge on any atom is 0.418 e. The second-order valence-corrected chi connectivity index (χ2v) is 4.97. The monoisotopic (exact) mass is 314 g/mol. The van der Waals surface area contributed by atoms with Gasteiger partial charge >= 0.3 is 6.18 Å². The fourth-order valence-electron chi connectivity index (χ4n) is 2.08. The first-order valence-electron chi connectivity index (χ1n) is 6.28. The number of hydrogen-bond donors (Lipinski definition) is 0. The first-order valence-corrected chi connectivity index (χ1v) is 6.81. The molecule has 6 heteroatoms. The second kappa shape index (κ2) is 6.35. The Morgan fingerprint density at radius 2 is 1.95 bits per heavy atom. The summed E-state index contributed by atoms with van der Waals surface area (Å²) in [6.07, 6.45) is -1.16. The van der Waals surface area contributed by atoms with Crippen molar-refractivity contribution in [2.75, 3.05) is 11.9 Å². The Bertz CT molecular complexity index is 600. The summed E-state index contributed by atoms with van der Waals surface area (Å²) >= 11 is 5.62. The number of pyridine rings is 1. The van der Waals surface area contributed by atoms with Gasteiger partial charge in [0.1, 0.15) is 0 Å². The van der Waals surface area contributed by atoms with Crippen LogP contribution in [0.25, 0.3) is 0 Å². The molecule has 2 aromatic rings. The van der Waals surface area contributed by atoms with Gasteiger partial charge in [-0.15, -0.1) is 11.6 Å². The normalized spacial score (nSPS) is 11.5. The summed E-state index contributed by atoms with van der Waals surface area (Å²) in [6.45, 7) is 0.344. The summed E-state index contributed by atoms with van der Waals surface area (Å²) in [6, 6.07) is 7.74. The summed E-state index contributed by atoms with van der Waals surface area (Å²) < 4.78 is 39.5. The van der Waals surface area contributed by atoms with E-state index in [9.17, 15) is 13.2 Å².